The van der Waals surface area contributed by atoms with E-state index in [1.54, 1.807) is 7.11 Å². The van der Waals surface area contributed by atoms with Gasteiger partial charge in [0.15, 0.2) is 0 Å². The number of hydrogen-bond donors (Lipinski definition) is 0. The first-order chi connectivity index (χ1) is 15.0. The molecule has 1 aromatic carbocycles. The minimum Gasteiger partial charge on any atom is -0.497 e. The molecule has 31 heavy (non-hydrogen) atoms. The summed E-state index contributed by atoms with van der Waals surface area (Å²) in [6.45, 7) is 6.81. The van der Waals surface area contributed by atoms with E-state index in [2.05, 4.69) is 4.90 Å². The third kappa shape index (κ3) is 4.50. The fraction of sp³-hybridized carbons (Fsp3) is 0.583. The monoisotopic (exact) mass is 424 g/mol. The number of ether oxygens (including phenoxy) is 1. The number of amides is 1. The summed E-state index contributed by atoms with van der Waals surface area (Å²) in [6, 6.07) is 5.86. The summed E-state index contributed by atoms with van der Waals surface area (Å²) in [5.41, 5.74) is 1.82. The van der Waals surface area contributed by atoms with Gasteiger partial charge in [0.05, 0.1) is 18.3 Å². The summed E-state index contributed by atoms with van der Waals surface area (Å²) in [5, 5.41) is 1.02. The topological polar surface area (TPSA) is 75.6 Å². The average Bonchev–Trinajstić information content (AvgIpc) is 2.82. The Morgan fingerprint density at radius 3 is 2.58 bits per heavy atom. The predicted octanol–water partition coefficient (Wildman–Crippen LogP) is 3.38. The number of fused-ring (bicyclic) bond motifs is 1. The smallest absolute Gasteiger partial charge is 0.226 e. The van der Waals surface area contributed by atoms with Gasteiger partial charge in [-0.15, -0.1) is 0 Å². The molecule has 0 spiro atoms. The summed E-state index contributed by atoms with van der Waals surface area (Å²) in [5.74, 6) is 2.04. The molecule has 0 bridgehead atoms. The summed E-state index contributed by atoms with van der Waals surface area (Å²) in [7, 11) is 1.65. The second-order valence-corrected chi connectivity index (χ2v) is 8.70. The average molecular weight is 425 g/mol. The normalized spacial score (nSPS) is 20.2. The van der Waals surface area contributed by atoms with Crippen molar-refractivity contribution in [2.75, 3.05) is 38.2 Å². The number of aromatic nitrogens is 2. The highest BCUT2D eigenvalue weighted by Crippen LogP contribution is 2.28. The van der Waals surface area contributed by atoms with E-state index in [1.165, 1.54) is 0 Å². The Morgan fingerprint density at radius 2 is 1.87 bits per heavy atom. The van der Waals surface area contributed by atoms with E-state index in [9.17, 15) is 9.59 Å². The Kier molecular flexibility index (Phi) is 6.39. The molecule has 0 aliphatic carbocycles. The number of ketones is 1. The number of piperidine rings is 2. The Morgan fingerprint density at radius 1 is 1.10 bits per heavy atom. The number of carbonyl (C=O) groups excluding carboxylic acids is 2. The molecule has 1 atom stereocenters. The van der Waals surface area contributed by atoms with Crippen molar-refractivity contribution < 1.29 is 14.3 Å². The maximum Gasteiger partial charge on any atom is 0.226 e. The lowest BCUT2D eigenvalue weighted by Crippen LogP contribution is -2.47. The van der Waals surface area contributed by atoms with Crippen molar-refractivity contribution >= 4 is 28.5 Å². The van der Waals surface area contributed by atoms with Crippen LogP contribution in [0, 0.1) is 18.8 Å². The Hall–Kier alpha value is -2.70. The van der Waals surface area contributed by atoms with E-state index >= 15 is 0 Å². The Bertz CT molecular complexity index is 969. The summed E-state index contributed by atoms with van der Waals surface area (Å²) < 4.78 is 5.34. The van der Waals surface area contributed by atoms with Gasteiger partial charge in [-0.3, -0.25) is 9.59 Å². The number of rotatable bonds is 5. The molecule has 0 unspecified atom stereocenters. The van der Waals surface area contributed by atoms with Crippen molar-refractivity contribution in [1.29, 1.82) is 0 Å². The third-order valence-electron chi connectivity index (χ3n) is 6.75. The number of carbonyl (C=O) groups is 2. The summed E-state index contributed by atoms with van der Waals surface area (Å²) in [6.07, 6.45) is 3.98. The van der Waals surface area contributed by atoms with Crippen LogP contribution in [0.4, 0.5) is 5.95 Å². The van der Waals surface area contributed by atoms with E-state index in [1.807, 2.05) is 36.9 Å². The van der Waals surface area contributed by atoms with Crippen LogP contribution in [0.25, 0.3) is 10.9 Å². The molecule has 4 rings (SSSR count). The first-order valence-corrected chi connectivity index (χ1v) is 11.4. The first-order valence-electron chi connectivity index (χ1n) is 11.4. The number of hydrogen-bond acceptors (Lipinski definition) is 6. The van der Waals surface area contributed by atoms with Crippen molar-refractivity contribution in [1.82, 2.24) is 14.9 Å². The number of aryl methyl sites for hydroxylation is 1. The van der Waals surface area contributed by atoms with Crippen molar-refractivity contribution in [2.45, 2.75) is 46.0 Å². The number of benzene rings is 1. The second kappa shape index (κ2) is 9.20. The molecule has 2 aliphatic heterocycles. The highest BCUT2D eigenvalue weighted by molar-refractivity contribution is 5.84. The zero-order valence-electron chi connectivity index (χ0n) is 18.8. The molecular formula is C24H32N4O3. The predicted molar refractivity (Wildman–Crippen MR) is 120 cm³/mol. The Labute approximate surface area is 183 Å². The van der Waals surface area contributed by atoms with Crippen LogP contribution in [0.1, 0.15) is 44.7 Å². The summed E-state index contributed by atoms with van der Waals surface area (Å²) in [4.78, 5) is 38.8. The number of anilines is 1. The maximum atomic E-state index is 13.1. The lowest BCUT2D eigenvalue weighted by atomic mass is 9.90. The van der Waals surface area contributed by atoms with Gasteiger partial charge in [0.25, 0.3) is 0 Å². The number of likely N-dealkylation sites (tertiary alicyclic amines) is 1. The van der Waals surface area contributed by atoms with E-state index in [0.29, 0.717) is 13.0 Å². The van der Waals surface area contributed by atoms with Gasteiger partial charge in [0.1, 0.15) is 11.5 Å². The van der Waals surface area contributed by atoms with Crippen molar-refractivity contribution in [2.24, 2.45) is 11.8 Å². The number of nitrogens with zero attached hydrogens (tertiary/aromatic N) is 4. The zero-order valence-corrected chi connectivity index (χ0v) is 18.8. The number of methoxy groups -OCH3 is 1. The van der Waals surface area contributed by atoms with Crippen LogP contribution in [-0.2, 0) is 9.59 Å². The fourth-order valence-electron chi connectivity index (χ4n) is 4.83. The van der Waals surface area contributed by atoms with E-state index < -0.39 is 0 Å². The van der Waals surface area contributed by atoms with Gasteiger partial charge in [-0.2, -0.15) is 0 Å². The van der Waals surface area contributed by atoms with Crippen LogP contribution >= 0.6 is 0 Å². The molecule has 2 aromatic rings. The van der Waals surface area contributed by atoms with E-state index in [4.69, 9.17) is 14.7 Å². The van der Waals surface area contributed by atoms with Crippen LogP contribution in [-0.4, -0.2) is 59.8 Å². The molecule has 7 nitrogen and oxygen atoms in total. The van der Waals surface area contributed by atoms with Crippen LogP contribution in [0.15, 0.2) is 18.2 Å². The van der Waals surface area contributed by atoms with Crippen LogP contribution < -0.4 is 9.64 Å². The molecule has 0 radical (unpaired) electrons. The lowest BCUT2D eigenvalue weighted by Gasteiger charge is -2.37. The van der Waals surface area contributed by atoms with Gasteiger partial charge in [0.2, 0.25) is 11.9 Å². The van der Waals surface area contributed by atoms with Gasteiger partial charge in [0, 0.05) is 55.9 Å². The number of Topliss-reactive ketones (excluding diaryl/α,β-unsaturated/α-hetero) is 1. The van der Waals surface area contributed by atoms with E-state index in [-0.39, 0.29) is 23.5 Å². The molecule has 0 N–H and O–H groups in total. The van der Waals surface area contributed by atoms with Crippen LogP contribution in [0.2, 0.25) is 0 Å². The molecule has 2 saturated heterocycles. The molecule has 3 heterocycles. The fourth-order valence-corrected chi connectivity index (χ4v) is 4.83. The van der Waals surface area contributed by atoms with Crippen LogP contribution in [0.5, 0.6) is 5.75 Å². The lowest BCUT2D eigenvalue weighted by molar-refractivity contribution is -0.139. The molecule has 1 amide bonds. The molecule has 0 saturated carbocycles. The molecule has 166 valence electrons. The zero-order chi connectivity index (χ0) is 22.0. The van der Waals surface area contributed by atoms with Crippen LogP contribution in [0.3, 0.4) is 0 Å². The molecule has 1 aromatic heterocycles. The molecule has 2 aliphatic rings. The quantitative estimate of drug-likeness (QED) is 0.732. The van der Waals surface area contributed by atoms with Gasteiger partial charge >= 0.3 is 0 Å². The van der Waals surface area contributed by atoms with Crippen molar-refractivity contribution in [3.63, 3.8) is 0 Å². The molecule has 2 fully saturated rings. The molecular weight excluding hydrogens is 392 g/mol. The largest absolute Gasteiger partial charge is 0.497 e. The minimum absolute atomic E-state index is 0.0216. The van der Waals surface area contributed by atoms with Gasteiger partial charge in [-0.1, -0.05) is 6.92 Å². The highest BCUT2D eigenvalue weighted by Gasteiger charge is 2.33. The first kappa shape index (κ1) is 21.5. The third-order valence-corrected chi connectivity index (χ3v) is 6.75. The highest BCUT2D eigenvalue weighted by atomic mass is 16.5. The maximum absolute atomic E-state index is 13.1. The second-order valence-electron chi connectivity index (χ2n) is 8.70. The summed E-state index contributed by atoms with van der Waals surface area (Å²) >= 11 is 0. The van der Waals surface area contributed by atoms with Crippen molar-refractivity contribution in [3.8, 4) is 5.75 Å². The molecule has 7 heteroatoms. The van der Waals surface area contributed by atoms with Gasteiger partial charge in [-0.05, 0) is 44.7 Å². The van der Waals surface area contributed by atoms with Gasteiger partial charge in [-0.25, -0.2) is 9.97 Å². The van der Waals surface area contributed by atoms with E-state index in [0.717, 1.165) is 73.6 Å². The van der Waals surface area contributed by atoms with Crippen molar-refractivity contribution in [3.05, 3.63) is 23.9 Å². The van der Waals surface area contributed by atoms with Gasteiger partial charge < -0.3 is 14.5 Å². The SMILES string of the molecule is CCC(=O)[C@@H]1CCCN(C(=O)C2CCN(c3nc(C)c4ccc(OC)cc4n3)CC2)C1. The standard InChI is InChI=1S/C24H32N4O3/c1-4-22(29)18-6-5-11-28(15-18)23(30)17-9-12-27(13-10-17)24-25-16(2)20-8-7-19(31-3)14-21(20)26-24/h7-8,14,17-18H,4-6,9-13,15H2,1-3H3/t18-/m1/s1. The Balaban J connectivity index is 1.41. The minimum atomic E-state index is 0.0216.